The maximum absolute atomic E-state index is 12.3. The van der Waals surface area contributed by atoms with Crippen molar-refractivity contribution in [1.29, 1.82) is 0 Å². The first kappa shape index (κ1) is 16.4. The Morgan fingerprint density at radius 2 is 1.88 bits per heavy atom. The Morgan fingerprint density at radius 1 is 1.12 bits per heavy atom. The molecule has 0 saturated heterocycles. The van der Waals surface area contributed by atoms with Crippen LogP contribution in [0.5, 0.6) is 0 Å². The lowest BCUT2D eigenvalue weighted by atomic mass is 10.1. The van der Waals surface area contributed by atoms with Crippen LogP contribution in [0.15, 0.2) is 65.1 Å². The Morgan fingerprint density at radius 3 is 2.60 bits per heavy atom. The van der Waals surface area contributed by atoms with Crippen LogP contribution in [0.1, 0.15) is 27.4 Å². The Kier molecular flexibility index (Phi) is 4.61. The molecule has 1 N–H and O–H groups in total. The van der Waals surface area contributed by atoms with Gasteiger partial charge in [-0.05, 0) is 36.2 Å². The van der Waals surface area contributed by atoms with E-state index in [0.29, 0.717) is 12.2 Å². The molecular weight excluding hydrogens is 320 g/mol. The molecule has 126 valence electrons. The molecular formula is C19H16N2O4. The maximum atomic E-state index is 12.3. The molecule has 0 aliphatic heterocycles. The maximum Gasteiger partial charge on any atom is 0.293 e. The van der Waals surface area contributed by atoms with E-state index in [1.165, 1.54) is 12.1 Å². The molecule has 3 rings (SSSR count). The highest BCUT2D eigenvalue weighted by Gasteiger charge is 2.18. The molecule has 6 nitrogen and oxygen atoms in total. The minimum absolute atomic E-state index is 0.112. The van der Waals surface area contributed by atoms with Crippen LogP contribution in [0, 0.1) is 17.0 Å². The molecule has 6 heteroatoms. The number of benzene rings is 2. The summed E-state index contributed by atoms with van der Waals surface area (Å²) in [5, 5.41) is 13.7. The van der Waals surface area contributed by atoms with Crippen molar-refractivity contribution in [3.05, 3.63) is 93.4 Å². The monoisotopic (exact) mass is 336 g/mol. The number of aryl methyl sites for hydroxylation is 1. The molecule has 1 heterocycles. The molecule has 1 amide bonds. The highest BCUT2D eigenvalue weighted by molar-refractivity contribution is 6.03. The summed E-state index contributed by atoms with van der Waals surface area (Å²) >= 11 is 0. The predicted octanol–water partition coefficient (Wildman–Crippen LogP) is 4.34. The normalized spacial score (nSPS) is 10.4. The van der Waals surface area contributed by atoms with Gasteiger partial charge in [-0.2, -0.15) is 0 Å². The number of anilines is 1. The molecule has 0 spiro atoms. The summed E-state index contributed by atoms with van der Waals surface area (Å²) in [5.74, 6) is 0.238. The third kappa shape index (κ3) is 3.92. The average molecular weight is 336 g/mol. The minimum Gasteiger partial charge on any atom is -0.456 e. The number of hydrogen-bond acceptors (Lipinski definition) is 4. The van der Waals surface area contributed by atoms with Crippen LogP contribution < -0.4 is 5.32 Å². The van der Waals surface area contributed by atoms with Gasteiger partial charge in [0.25, 0.3) is 11.6 Å². The zero-order valence-corrected chi connectivity index (χ0v) is 13.6. The van der Waals surface area contributed by atoms with E-state index in [-0.39, 0.29) is 17.1 Å². The van der Waals surface area contributed by atoms with Crippen molar-refractivity contribution in [2.45, 2.75) is 13.3 Å². The molecule has 0 fully saturated rings. The Labute approximate surface area is 144 Å². The van der Waals surface area contributed by atoms with Crippen LogP contribution in [-0.4, -0.2) is 10.8 Å². The van der Waals surface area contributed by atoms with Gasteiger partial charge in [-0.1, -0.05) is 36.4 Å². The van der Waals surface area contributed by atoms with Crippen LogP contribution in [0.2, 0.25) is 0 Å². The highest BCUT2D eigenvalue weighted by Crippen LogP contribution is 2.26. The van der Waals surface area contributed by atoms with Gasteiger partial charge >= 0.3 is 0 Å². The molecule has 0 aliphatic carbocycles. The van der Waals surface area contributed by atoms with Gasteiger partial charge in [0, 0.05) is 12.5 Å². The molecule has 25 heavy (non-hydrogen) atoms. The lowest BCUT2D eigenvalue weighted by Gasteiger charge is -2.05. The number of nitro groups is 1. The van der Waals surface area contributed by atoms with Gasteiger partial charge in [0.05, 0.1) is 4.92 Å². The molecule has 0 unspecified atom stereocenters. The molecule has 2 aromatic carbocycles. The third-order valence-corrected chi connectivity index (χ3v) is 3.70. The van der Waals surface area contributed by atoms with E-state index in [1.807, 2.05) is 30.3 Å². The van der Waals surface area contributed by atoms with E-state index in [2.05, 4.69) is 5.32 Å². The van der Waals surface area contributed by atoms with E-state index >= 15 is 0 Å². The van der Waals surface area contributed by atoms with Crippen molar-refractivity contribution in [1.82, 2.24) is 0 Å². The number of hydrogen-bond donors (Lipinski definition) is 1. The molecule has 0 radical (unpaired) electrons. The fourth-order valence-electron chi connectivity index (χ4n) is 2.47. The van der Waals surface area contributed by atoms with E-state index in [9.17, 15) is 14.9 Å². The number of nitro benzene ring substituents is 1. The third-order valence-electron chi connectivity index (χ3n) is 3.70. The smallest absolute Gasteiger partial charge is 0.293 e. The lowest BCUT2D eigenvalue weighted by Crippen LogP contribution is -2.12. The van der Waals surface area contributed by atoms with Crippen LogP contribution in [0.3, 0.4) is 0 Å². The summed E-state index contributed by atoms with van der Waals surface area (Å²) in [4.78, 5) is 22.9. The largest absolute Gasteiger partial charge is 0.456 e. The fraction of sp³-hybridized carbons (Fsp3) is 0.105. The topological polar surface area (TPSA) is 85.4 Å². The van der Waals surface area contributed by atoms with Gasteiger partial charge in [-0.15, -0.1) is 0 Å². The van der Waals surface area contributed by atoms with Gasteiger partial charge in [-0.25, -0.2) is 0 Å². The molecule has 0 aliphatic rings. The van der Waals surface area contributed by atoms with Crippen molar-refractivity contribution in [2.24, 2.45) is 0 Å². The molecule has 0 saturated carbocycles. The van der Waals surface area contributed by atoms with Gasteiger partial charge in [-0.3, -0.25) is 14.9 Å². The van der Waals surface area contributed by atoms with Crippen LogP contribution in [-0.2, 0) is 6.42 Å². The Hall–Kier alpha value is -3.41. The van der Waals surface area contributed by atoms with E-state index < -0.39 is 10.8 Å². The van der Waals surface area contributed by atoms with E-state index in [0.717, 1.165) is 11.1 Å². The van der Waals surface area contributed by atoms with Gasteiger partial charge in [0.1, 0.15) is 11.4 Å². The Bertz CT molecular complexity index is 916. The van der Waals surface area contributed by atoms with Crippen molar-refractivity contribution < 1.29 is 14.1 Å². The standard InChI is InChI=1S/C19H16N2O4/c1-13-7-9-16(17(11-13)21(23)24)20-19(22)18-10-8-15(25-18)12-14-5-3-2-4-6-14/h2-11H,12H2,1H3,(H,20,22). The van der Waals surface area contributed by atoms with E-state index in [4.69, 9.17) is 4.42 Å². The van der Waals surface area contributed by atoms with Crippen molar-refractivity contribution in [3.63, 3.8) is 0 Å². The summed E-state index contributed by atoms with van der Waals surface area (Å²) in [5.41, 5.74) is 1.80. The van der Waals surface area contributed by atoms with Gasteiger partial charge < -0.3 is 9.73 Å². The minimum atomic E-state index is -0.522. The van der Waals surface area contributed by atoms with Gasteiger partial charge in [0.2, 0.25) is 0 Å². The van der Waals surface area contributed by atoms with Gasteiger partial charge in [0.15, 0.2) is 5.76 Å². The first-order valence-electron chi connectivity index (χ1n) is 7.72. The molecule has 0 bridgehead atoms. The molecule has 3 aromatic rings. The second kappa shape index (κ2) is 7.00. The summed E-state index contributed by atoms with van der Waals surface area (Å²) in [7, 11) is 0. The first-order chi connectivity index (χ1) is 12.0. The number of amides is 1. The number of nitrogens with zero attached hydrogens (tertiary/aromatic N) is 1. The molecule has 1 aromatic heterocycles. The van der Waals surface area contributed by atoms with Crippen LogP contribution >= 0.6 is 0 Å². The second-order valence-electron chi connectivity index (χ2n) is 5.66. The van der Waals surface area contributed by atoms with Crippen LogP contribution in [0.4, 0.5) is 11.4 Å². The number of furan rings is 1. The quantitative estimate of drug-likeness (QED) is 0.555. The summed E-state index contributed by atoms with van der Waals surface area (Å²) in [6, 6.07) is 17.7. The number of nitrogens with one attached hydrogen (secondary N) is 1. The average Bonchev–Trinajstić information content (AvgIpc) is 3.06. The zero-order valence-electron chi connectivity index (χ0n) is 13.6. The SMILES string of the molecule is Cc1ccc(NC(=O)c2ccc(Cc3ccccc3)o2)c([N+](=O)[O-])c1. The van der Waals surface area contributed by atoms with Crippen LogP contribution in [0.25, 0.3) is 0 Å². The van der Waals surface area contributed by atoms with E-state index in [1.54, 1.807) is 25.1 Å². The molecule has 0 atom stereocenters. The first-order valence-corrected chi connectivity index (χ1v) is 7.72. The fourth-order valence-corrected chi connectivity index (χ4v) is 2.47. The number of rotatable bonds is 5. The number of carbonyl (C=O) groups excluding carboxylic acids is 1. The summed E-state index contributed by atoms with van der Waals surface area (Å²) < 4.78 is 5.56. The zero-order chi connectivity index (χ0) is 17.8. The Balaban J connectivity index is 1.75. The summed E-state index contributed by atoms with van der Waals surface area (Å²) in [6.45, 7) is 1.75. The predicted molar refractivity (Wildman–Crippen MR) is 93.7 cm³/mol. The highest BCUT2D eigenvalue weighted by atomic mass is 16.6. The second-order valence-corrected chi connectivity index (χ2v) is 5.66. The summed E-state index contributed by atoms with van der Waals surface area (Å²) in [6.07, 6.45) is 0.568. The lowest BCUT2D eigenvalue weighted by molar-refractivity contribution is -0.384. The number of carbonyl (C=O) groups is 1. The van der Waals surface area contributed by atoms with Crippen molar-refractivity contribution in [2.75, 3.05) is 5.32 Å². The van der Waals surface area contributed by atoms with Crippen molar-refractivity contribution >= 4 is 17.3 Å². The van der Waals surface area contributed by atoms with Crippen molar-refractivity contribution in [3.8, 4) is 0 Å².